The molecule has 3 nitrogen and oxygen atoms in total. The third kappa shape index (κ3) is 5.72. The SMILES string of the molecule is CCCCC(c1cccc(C=Cc2cc(O)cc(CO)c2)c1)C(C)(C)O. The molecule has 0 heterocycles. The Morgan fingerprint density at radius 2 is 1.77 bits per heavy atom. The van der Waals surface area contributed by atoms with Crippen LogP contribution in [0.5, 0.6) is 5.75 Å². The van der Waals surface area contributed by atoms with Crippen LogP contribution in [0.25, 0.3) is 12.2 Å². The largest absolute Gasteiger partial charge is 0.508 e. The van der Waals surface area contributed by atoms with Gasteiger partial charge in [-0.1, -0.05) is 56.2 Å². The summed E-state index contributed by atoms with van der Waals surface area (Å²) in [5, 5.41) is 29.6. The van der Waals surface area contributed by atoms with E-state index in [1.807, 2.05) is 44.2 Å². The van der Waals surface area contributed by atoms with E-state index >= 15 is 0 Å². The van der Waals surface area contributed by atoms with Crippen LogP contribution in [0.4, 0.5) is 0 Å². The molecule has 0 bridgehead atoms. The fraction of sp³-hybridized carbons (Fsp3) is 0.391. The fourth-order valence-corrected chi connectivity index (χ4v) is 3.30. The first-order valence-corrected chi connectivity index (χ1v) is 9.27. The quantitative estimate of drug-likeness (QED) is 0.578. The first-order chi connectivity index (χ1) is 12.3. The lowest BCUT2D eigenvalue weighted by Crippen LogP contribution is -2.29. The third-order valence-corrected chi connectivity index (χ3v) is 4.66. The molecule has 0 aliphatic carbocycles. The molecular weight excluding hydrogens is 324 g/mol. The smallest absolute Gasteiger partial charge is 0.116 e. The van der Waals surface area contributed by atoms with E-state index in [0.717, 1.165) is 36.0 Å². The summed E-state index contributed by atoms with van der Waals surface area (Å²) in [6, 6.07) is 13.3. The van der Waals surface area contributed by atoms with E-state index in [0.29, 0.717) is 5.56 Å². The minimum absolute atomic E-state index is 0.0950. The predicted molar refractivity (Wildman–Crippen MR) is 108 cm³/mol. The van der Waals surface area contributed by atoms with Crippen LogP contribution in [0.3, 0.4) is 0 Å². The van der Waals surface area contributed by atoms with E-state index in [9.17, 15) is 15.3 Å². The number of phenols is 1. The van der Waals surface area contributed by atoms with E-state index in [2.05, 4.69) is 19.1 Å². The molecule has 0 radical (unpaired) electrons. The Bertz CT molecular complexity index is 741. The molecule has 1 atom stereocenters. The maximum atomic E-state index is 10.6. The number of phenolic OH excluding ortho intramolecular Hbond substituents is 1. The number of benzene rings is 2. The molecule has 0 saturated heterocycles. The van der Waals surface area contributed by atoms with Gasteiger partial charge in [0.1, 0.15) is 5.75 Å². The second-order valence-corrected chi connectivity index (χ2v) is 7.44. The van der Waals surface area contributed by atoms with E-state index in [-0.39, 0.29) is 18.3 Å². The molecule has 3 N–H and O–H groups in total. The molecule has 0 aliphatic rings. The highest BCUT2D eigenvalue weighted by atomic mass is 16.3. The molecule has 0 spiro atoms. The summed E-state index contributed by atoms with van der Waals surface area (Å²) in [5.41, 5.74) is 2.94. The van der Waals surface area contributed by atoms with Gasteiger partial charge in [-0.15, -0.1) is 0 Å². The highest BCUT2D eigenvalue weighted by Crippen LogP contribution is 2.33. The first kappa shape index (κ1) is 20.2. The molecule has 3 heteroatoms. The number of hydrogen-bond acceptors (Lipinski definition) is 3. The van der Waals surface area contributed by atoms with Crippen molar-refractivity contribution in [1.82, 2.24) is 0 Å². The van der Waals surface area contributed by atoms with Gasteiger partial charge < -0.3 is 15.3 Å². The summed E-state index contributed by atoms with van der Waals surface area (Å²) in [6.07, 6.45) is 7.06. The highest BCUT2D eigenvalue weighted by Gasteiger charge is 2.27. The van der Waals surface area contributed by atoms with Crippen LogP contribution >= 0.6 is 0 Å². The Hall–Kier alpha value is -2.10. The van der Waals surface area contributed by atoms with Crippen LogP contribution in [0.1, 0.15) is 68.2 Å². The molecule has 1 unspecified atom stereocenters. The topological polar surface area (TPSA) is 60.7 Å². The zero-order chi connectivity index (χ0) is 19.2. The minimum atomic E-state index is -0.765. The maximum Gasteiger partial charge on any atom is 0.116 e. The molecule has 0 fully saturated rings. The van der Waals surface area contributed by atoms with Gasteiger partial charge in [0.05, 0.1) is 12.2 Å². The van der Waals surface area contributed by atoms with Gasteiger partial charge in [-0.05, 0) is 60.7 Å². The molecule has 140 valence electrons. The molecule has 26 heavy (non-hydrogen) atoms. The van der Waals surface area contributed by atoms with Gasteiger partial charge >= 0.3 is 0 Å². The molecule has 2 rings (SSSR count). The van der Waals surface area contributed by atoms with Gasteiger partial charge in [0.15, 0.2) is 0 Å². The highest BCUT2D eigenvalue weighted by molar-refractivity contribution is 5.70. The zero-order valence-corrected chi connectivity index (χ0v) is 15.9. The Morgan fingerprint density at radius 1 is 1.04 bits per heavy atom. The Labute approximate surface area is 156 Å². The number of unbranched alkanes of at least 4 members (excludes halogenated alkanes) is 1. The van der Waals surface area contributed by atoms with Crippen LogP contribution in [0.2, 0.25) is 0 Å². The standard InChI is InChI=1S/C23H30O3/c1-4-5-9-22(23(2,3)26)20-8-6-7-17(13-20)10-11-18-12-19(16-24)15-21(25)14-18/h6-8,10-15,22,24-26H,4-5,9,16H2,1-3H3. The maximum absolute atomic E-state index is 10.6. The lowest BCUT2D eigenvalue weighted by atomic mass is 9.80. The normalized spacial score (nSPS) is 13.3. The Kier molecular flexibility index (Phi) is 7.01. The fourth-order valence-electron chi connectivity index (χ4n) is 3.30. The van der Waals surface area contributed by atoms with Gasteiger partial charge in [-0.2, -0.15) is 0 Å². The lowest BCUT2D eigenvalue weighted by Gasteiger charge is -2.30. The number of aliphatic hydroxyl groups is 2. The first-order valence-electron chi connectivity index (χ1n) is 9.27. The Morgan fingerprint density at radius 3 is 2.42 bits per heavy atom. The van der Waals surface area contributed by atoms with Gasteiger partial charge in [0, 0.05) is 5.92 Å². The summed E-state index contributed by atoms with van der Waals surface area (Å²) in [7, 11) is 0. The van der Waals surface area contributed by atoms with Gasteiger partial charge in [-0.25, -0.2) is 0 Å². The second kappa shape index (κ2) is 9.02. The van der Waals surface area contributed by atoms with Gasteiger partial charge in [-0.3, -0.25) is 0 Å². The predicted octanol–water partition coefficient (Wildman–Crippen LogP) is 5.10. The monoisotopic (exact) mass is 354 g/mol. The average Bonchev–Trinajstić information content (AvgIpc) is 2.59. The summed E-state index contributed by atoms with van der Waals surface area (Å²) in [5.74, 6) is 0.240. The second-order valence-electron chi connectivity index (χ2n) is 7.44. The average molecular weight is 354 g/mol. The van der Waals surface area contributed by atoms with Gasteiger partial charge in [0.2, 0.25) is 0 Å². The molecule has 0 amide bonds. The van der Waals surface area contributed by atoms with Crippen LogP contribution in [-0.2, 0) is 6.61 Å². The van der Waals surface area contributed by atoms with Crippen molar-refractivity contribution in [2.24, 2.45) is 0 Å². The number of aromatic hydroxyl groups is 1. The van der Waals surface area contributed by atoms with E-state index < -0.39 is 5.60 Å². The van der Waals surface area contributed by atoms with Crippen molar-refractivity contribution in [3.05, 3.63) is 64.7 Å². The zero-order valence-electron chi connectivity index (χ0n) is 15.9. The molecule has 2 aromatic carbocycles. The lowest BCUT2D eigenvalue weighted by molar-refractivity contribution is 0.0457. The summed E-state index contributed by atoms with van der Waals surface area (Å²) < 4.78 is 0. The van der Waals surface area contributed by atoms with Crippen LogP contribution < -0.4 is 0 Å². The van der Waals surface area contributed by atoms with Crippen molar-refractivity contribution >= 4 is 12.2 Å². The van der Waals surface area contributed by atoms with E-state index in [4.69, 9.17) is 0 Å². The molecule has 0 aliphatic heterocycles. The van der Waals surface area contributed by atoms with Crippen molar-refractivity contribution in [3.63, 3.8) is 0 Å². The van der Waals surface area contributed by atoms with Crippen LogP contribution in [-0.4, -0.2) is 20.9 Å². The van der Waals surface area contributed by atoms with Crippen molar-refractivity contribution in [3.8, 4) is 5.75 Å². The molecule has 0 saturated carbocycles. The number of rotatable bonds is 8. The van der Waals surface area contributed by atoms with Crippen molar-refractivity contribution in [2.75, 3.05) is 0 Å². The van der Waals surface area contributed by atoms with Crippen LogP contribution in [0.15, 0.2) is 42.5 Å². The summed E-state index contributed by atoms with van der Waals surface area (Å²) >= 11 is 0. The van der Waals surface area contributed by atoms with Gasteiger partial charge in [0.25, 0.3) is 0 Å². The molecule has 0 aromatic heterocycles. The minimum Gasteiger partial charge on any atom is -0.508 e. The van der Waals surface area contributed by atoms with Crippen molar-refractivity contribution in [1.29, 1.82) is 0 Å². The molecule has 2 aromatic rings. The van der Waals surface area contributed by atoms with Crippen molar-refractivity contribution < 1.29 is 15.3 Å². The van der Waals surface area contributed by atoms with Crippen LogP contribution in [0, 0.1) is 0 Å². The summed E-state index contributed by atoms with van der Waals surface area (Å²) in [6.45, 7) is 5.81. The van der Waals surface area contributed by atoms with Crippen molar-refractivity contribution in [2.45, 2.75) is 58.2 Å². The third-order valence-electron chi connectivity index (χ3n) is 4.66. The Balaban J connectivity index is 2.26. The van der Waals surface area contributed by atoms with E-state index in [1.165, 1.54) is 0 Å². The summed E-state index contributed by atoms with van der Waals surface area (Å²) in [4.78, 5) is 0. The molecular formula is C23H30O3. The number of hydrogen-bond donors (Lipinski definition) is 3. The number of aliphatic hydroxyl groups excluding tert-OH is 1. The van der Waals surface area contributed by atoms with E-state index in [1.54, 1.807) is 12.1 Å².